The molecule has 0 heterocycles. The molecule has 0 saturated carbocycles. The first-order valence-electron chi connectivity index (χ1n) is 7.68. The molecule has 5 heteroatoms. The fourth-order valence-corrected chi connectivity index (χ4v) is 1.66. The fraction of sp³-hybridized carbons (Fsp3) is 0.750. The molecule has 0 radical (unpaired) electrons. The van der Waals surface area contributed by atoms with E-state index in [9.17, 15) is 9.59 Å². The fourth-order valence-electron chi connectivity index (χ4n) is 1.66. The van der Waals surface area contributed by atoms with Crippen molar-refractivity contribution in [1.29, 1.82) is 0 Å². The van der Waals surface area contributed by atoms with Gasteiger partial charge in [-0.05, 0) is 40.0 Å². The minimum absolute atomic E-state index is 0.0204. The van der Waals surface area contributed by atoms with Gasteiger partial charge < -0.3 is 15.2 Å². The molecule has 1 amide bonds. The summed E-state index contributed by atoms with van der Waals surface area (Å²) >= 11 is 0. The number of nitrogens with one attached hydrogen (secondary N) is 1. The number of hydrogen-bond acceptors (Lipinski definition) is 4. The zero-order valence-corrected chi connectivity index (χ0v) is 14.2. The summed E-state index contributed by atoms with van der Waals surface area (Å²) in [6, 6.07) is 0.167. The molecule has 0 aromatic heterocycles. The molecule has 0 fully saturated rings. The van der Waals surface area contributed by atoms with Crippen LogP contribution in [-0.2, 0) is 14.3 Å². The molecule has 0 spiro atoms. The van der Waals surface area contributed by atoms with Crippen LogP contribution in [0.25, 0.3) is 0 Å². The van der Waals surface area contributed by atoms with Crippen molar-refractivity contribution in [2.24, 2.45) is 0 Å². The van der Waals surface area contributed by atoms with Gasteiger partial charge >= 0.3 is 5.97 Å². The Kier molecular flexibility index (Phi) is 14.2. The Bertz CT molecular complexity index is 321. The van der Waals surface area contributed by atoms with E-state index >= 15 is 0 Å². The molecule has 1 rings (SSSR count). The number of esters is 1. The lowest BCUT2D eigenvalue weighted by molar-refractivity contribution is -0.138. The minimum atomic E-state index is -0.223. The van der Waals surface area contributed by atoms with Gasteiger partial charge in [0.2, 0.25) is 5.91 Å². The van der Waals surface area contributed by atoms with E-state index in [0.29, 0.717) is 19.4 Å². The van der Waals surface area contributed by atoms with Crippen molar-refractivity contribution in [3.63, 3.8) is 0 Å². The summed E-state index contributed by atoms with van der Waals surface area (Å²) in [5.41, 5.74) is 0.735. The summed E-state index contributed by atoms with van der Waals surface area (Å²) in [5.74, 6) is -0.244. The van der Waals surface area contributed by atoms with Gasteiger partial charge in [0.25, 0.3) is 0 Å². The Morgan fingerprint density at radius 1 is 1.43 bits per heavy atom. The maximum atomic E-state index is 11.3. The average molecular weight is 301 g/mol. The first-order valence-corrected chi connectivity index (χ1v) is 7.68. The molecule has 1 aliphatic rings. The summed E-state index contributed by atoms with van der Waals surface area (Å²) in [6.45, 7) is 11.2. The van der Waals surface area contributed by atoms with Crippen LogP contribution in [0.2, 0.25) is 0 Å². The number of amides is 1. The molecule has 1 aliphatic carbocycles. The van der Waals surface area contributed by atoms with E-state index in [1.807, 2.05) is 19.9 Å². The van der Waals surface area contributed by atoms with Gasteiger partial charge in [0.15, 0.2) is 0 Å². The van der Waals surface area contributed by atoms with Crippen molar-refractivity contribution in [3.8, 4) is 0 Å². The normalized spacial score (nSPS) is 16.6. The molecule has 2 N–H and O–H groups in total. The van der Waals surface area contributed by atoms with E-state index in [-0.39, 0.29) is 24.0 Å². The number of rotatable bonds is 3. The second-order valence-electron chi connectivity index (χ2n) is 4.72. The molecule has 5 nitrogen and oxygen atoms in total. The highest BCUT2D eigenvalue weighted by Crippen LogP contribution is 2.19. The summed E-state index contributed by atoms with van der Waals surface area (Å²) in [7, 11) is 0. The van der Waals surface area contributed by atoms with Crippen LogP contribution in [0.4, 0.5) is 0 Å². The zero-order valence-electron chi connectivity index (χ0n) is 14.2. The number of hydrogen-bond donors (Lipinski definition) is 2. The second kappa shape index (κ2) is 13.6. The van der Waals surface area contributed by atoms with Gasteiger partial charge in [-0.25, -0.2) is 4.79 Å². The number of carbonyl (C=O) groups excluding carboxylic acids is 2. The molecule has 0 saturated heterocycles. The van der Waals surface area contributed by atoms with Crippen LogP contribution in [0, 0.1) is 0 Å². The molecule has 0 aliphatic heterocycles. The summed E-state index contributed by atoms with van der Waals surface area (Å²) in [5, 5.41) is 10.9. The van der Waals surface area contributed by atoms with Gasteiger partial charge in [-0.1, -0.05) is 19.9 Å². The van der Waals surface area contributed by atoms with Crippen LogP contribution in [0.1, 0.15) is 60.8 Å². The second-order valence-corrected chi connectivity index (χ2v) is 4.72. The Hall–Kier alpha value is -1.36. The molecule has 124 valence electrons. The zero-order chi connectivity index (χ0) is 16.8. The Labute approximate surface area is 128 Å². The molecule has 0 aromatic carbocycles. The Morgan fingerprint density at radius 2 is 1.95 bits per heavy atom. The van der Waals surface area contributed by atoms with E-state index in [0.717, 1.165) is 12.0 Å². The lowest BCUT2D eigenvalue weighted by atomic mass is 9.95. The van der Waals surface area contributed by atoms with Gasteiger partial charge in [-0.2, -0.15) is 0 Å². The van der Waals surface area contributed by atoms with Gasteiger partial charge in [-0.3, -0.25) is 4.79 Å². The summed E-state index contributed by atoms with van der Waals surface area (Å²) in [4.78, 5) is 22.2. The van der Waals surface area contributed by atoms with Crippen LogP contribution in [0.5, 0.6) is 0 Å². The largest absolute Gasteiger partial charge is 0.463 e. The maximum Gasteiger partial charge on any atom is 0.333 e. The standard InChI is InChI=1S/C11H17NO3.C3H8O.C2H6/c1-3-15-11(14)9-4-6-10(7-5-9)12-8(2)13;1-3(2)4;1-2/h4,10H,3,5-7H2,1-2H3,(H,12,13);3-4H,1-2H3;1-2H3/t10-;;/m0../s1. The molecule has 1 atom stereocenters. The number of ether oxygens (including phenoxy) is 1. The molecule has 0 bridgehead atoms. The van der Waals surface area contributed by atoms with Gasteiger partial charge in [0, 0.05) is 24.6 Å². The number of aliphatic hydroxyl groups excluding tert-OH is 1. The lowest BCUT2D eigenvalue weighted by Gasteiger charge is -2.21. The topological polar surface area (TPSA) is 75.6 Å². The number of carbonyl (C=O) groups is 2. The summed E-state index contributed by atoms with van der Waals surface area (Å²) < 4.78 is 4.90. The third-order valence-electron chi connectivity index (χ3n) is 2.36. The summed E-state index contributed by atoms with van der Waals surface area (Å²) in [6.07, 6.45) is 3.91. The third-order valence-corrected chi connectivity index (χ3v) is 2.36. The highest BCUT2D eigenvalue weighted by atomic mass is 16.5. The lowest BCUT2D eigenvalue weighted by Crippen LogP contribution is -2.34. The van der Waals surface area contributed by atoms with Gasteiger partial charge in [0.1, 0.15) is 0 Å². The van der Waals surface area contributed by atoms with Crippen molar-refractivity contribution in [2.45, 2.75) is 73.0 Å². The van der Waals surface area contributed by atoms with Gasteiger partial charge in [0.05, 0.1) is 6.61 Å². The molecule has 0 unspecified atom stereocenters. The van der Waals surface area contributed by atoms with Crippen LogP contribution >= 0.6 is 0 Å². The highest BCUT2D eigenvalue weighted by molar-refractivity contribution is 5.88. The van der Waals surface area contributed by atoms with E-state index < -0.39 is 0 Å². The van der Waals surface area contributed by atoms with E-state index in [1.54, 1.807) is 20.8 Å². The Morgan fingerprint density at radius 3 is 2.29 bits per heavy atom. The van der Waals surface area contributed by atoms with Crippen molar-refractivity contribution >= 4 is 11.9 Å². The molecule has 0 aromatic rings. The van der Waals surface area contributed by atoms with E-state index in [1.165, 1.54) is 6.92 Å². The van der Waals surface area contributed by atoms with Crippen LogP contribution in [-0.4, -0.2) is 35.7 Å². The van der Waals surface area contributed by atoms with Gasteiger partial charge in [-0.15, -0.1) is 0 Å². The van der Waals surface area contributed by atoms with Crippen LogP contribution < -0.4 is 5.32 Å². The average Bonchev–Trinajstić information content (AvgIpc) is 2.41. The van der Waals surface area contributed by atoms with Crippen LogP contribution in [0.15, 0.2) is 11.6 Å². The van der Waals surface area contributed by atoms with Crippen LogP contribution in [0.3, 0.4) is 0 Å². The quantitative estimate of drug-likeness (QED) is 0.786. The van der Waals surface area contributed by atoms with Crippen molar-refractivity contribution in [3.05, 3.63) is 11.6 Å². The first-order chi connectivity index (χ1) is 9.86. The minimum Gasteiger partial charge on any atom is -0.463 e. The third kappa shape index (κ3) is 13.4. The SMILES string of the molecule is CC.CC(C)O.CCOC(=O)C1=CC[C@H](NC(C)=O)CC1. The Balaban J connectivity index is 0. The predicted octanol–water partition coefficient (Wildman–Crippen LogP) is 2.58. The number of aliphatic hydroxyl groups is 1. The predicted molar refractivity (Wildman–Crippen MR) is 84.9 cm³/mol. The monoisotopic (exact) mass is 301 g/mol. The van der Waals surface area contributed by atoms with Crippen molar-refractivity contribution in [1.82, 2.24) is 5.32 Å². The first kappa shape index (κ1) is 21.9. The van der Waals surface area contributed by atoms with E-state index in [2.05, 4.69) is 5.32 Å². The maximum absolute atomic E-state index is 11.3. The van der Waals surface area contributed by atoms with Crippen molar-refractivity contribution in [2.75, 3.05) is 6.61 Å². The molecular weight excluding hydrogens is 270 g/mol. The highest BCUT2D eigenvalue weighted by Gasteiger charge is 2.19. The molecule has 21 heavy (non-hydrogen) atoms. The van der Waals surface area contributed by atoms with Crippen molar-refractivity contribution < 1.29 is 19.4 Å². The van der Waals surface area contributed by atoms with E-state index in [4.69, 9.17) is 9.84 Å². The smallest absolute Gasteiger partial charge is 0.333 e. The molecular formula is C16H31NO4.